The highest BCUT2D eigenvalue weighted by molar-refractivity contribution is 5.74. The largest absolute Gasteiger partial charge is 0.333 e. The van der Waals surface area contributed by atoms with Crippen molar-refractivity contribution in [3.63, 3.8) is 0 Å². The number of rotatable bonds is 6. The lowest BCUT2D eigenvalue weighted by atomic mass is 10.0. The molecule has 0 saturated carbocycles. The van der Waals surface area contributed by atoms with Gasteiger partial charge in [0.05, 0.1) is 0 Å². The van der Waals surface area contributed by atoms with Crippen molar-refractivity contribution in [3.05, 3.63) is 95.7 Å². The summed E-state index contributed by atoms with van der Waals surface area (Å²) in [5.74, 6) is -0.0537. The topological polar surface area (TPSA) is 29.1 Å². The molecule has 0 heterocycles. The summed E-state index contributed by atoms with van der Waals surface area (Å²) in [5, 5.41) is 2.76. The van der Waals surface area contributed by atoms with Gasteiger partial charge < -0.3 is 5.32 Å². The minimum Gasteiger partial charge on any atom is -0.333 e. The third-order valence-electron chi connectivity index (χ3n) is 3.24. The van der Waals surface area contributed by atoms with Crippen LogP contribution >= 0.6 is 0 Å². The van der Waals surface area contributed by atoms with Gasteiger partial charge in [-0.3, -0.25) is 4.79 Å². The average molecular weight is 291 g/mol. The van der Waals surface area contributed by atoms with Crippen LogP contribution in [0.2, 0.25) is 0 Å². The van der Waals surface area contributed by atoms with Crippen LogP contribution in [-0.2, 0) is 17.6 Å². The fraction of sp³-hybridized carbons (Fsp3) is 0.150. The van der Waals surface area contributed by atoms with E-state index in [1.165, 1.54) is 18.1 Å². The van der Waals surface area contributed by atoms with E-state index in [1.54, 1.807) is 6.20 Å². The number of nitrogens with one attached hydrogen (secondary N) is 1. The molecule has 0 bridgehead atoms. The van der Waals surface area contributed by atoms with Crippen LogP contribution in [0, 0.1) is 0 Å². The lowest BCUT2D eigenvalue weighted by molar-refractivity contribution is -0.118. The van der Waals surface area contributed by atoms with Crippen molar-refractivity contribution in [1.29, 1.82) is 0 Å². The molecule has 0 saturated heterocycles. The molecule has 0 atom stereocenters. The minimum atomic E-state index is -0.0537. The van der Waals surface area contributed by atoms with Crippen molar-refractivity contribution in [3.8, 4) is 0 Å². The molecule has 0 aliphatic rings. The average Bonchev–Trinajstić information content (AvgIpc) is 2.54. The Morgan fingerprint density at radius 3 is 2.14 bits per heavy atom. The molecule has 0 aromatic heterocycles. The summed E-state index contributed by atoms with van der Waals surface area (Å²) in [6.45, 7) is 1.52. The maximum Gasteiger partial charge on any atom is 0.220 e. The summed E-state index contributed by atoms with van der Waals surface area (Å²) in [7, 11) is 0. The zero-order chi connectivity index (χ0) is 15.6. The Morgan fingerprint density at radius 2 is 1.55 bits per heavy atom. The highest BCUT2D eigenvalue weighted by Crippen LogP contribution is 2.10. The van der Waals surface area contributed by atoms with Gasteiger partial charge in [0, 0.05) is 13.1 Å². The minimum absolute atomic E-state index is 0.0537. The standard InChI is InChI=1S/C20H21NO/c1-17(22)21-16-20(15-19-11-6-3-7-12-19)14-8-13-18-9-4-2-5-10-18/h2-12,14,16H,13,15H2,1H3,(H,21,22)/b14-8+,20-16-. The Balaban J connectivity index is 2.04. The van der Waals surface area contributed by atoms with Crippen molar-refractivity contribution in [2.75, 3.05) is 0 Å². The SMILES string of the molecule is CC(=O)N/C=C(/C=C/Cc1ccccc1)Cc1ccccc1. The molecular weight excluding hydrogens is 270 g/mol. The Labute approximate surface area is 132 Å². The molecule has 0 aliphatic heterocycles. The molecule has 1 N–H and O–H groups in total. The van der Waals surface area contributed by atoms with Crippen LogP contribution in [0.25, 0.3) is 0 Å². The van der Waals surface area contributed by atoms with Gasteiger partial charge in [-0.1, -0.05) is 72.8 Å². The molecule has 0 spiro atoms. The number of hydrogen-bond acceptors (Lipinski definition) is 1. The summed E-state index contributed by atoms with van der Waals surface area (Å²) in [6.07, 6.45) is 7.68. The molecule has 0 unspecified atom stereocenters. The Morgan fingerprint density at radius 1 is 0.955 bits per heavy atom. The molecule has 2 aromatic carbocycles. The first-order valence-electron chi connectivity index (χ1n) is 7.44. The van der Waals surface area contributed by atoms with Gasteiger partial charge in [-0.15, -0.1) is 0 Å². The van der Waals surface area contributed by atoms with Crippen LogP contribution in [-0.4, -0.2) is 5.91 Å². The van der Waals surface area contributed by atoms with E-state index in [2.05, 4.69) is 41.7 Å². The fourth-order valence-corrected chi connectivity index (χ4v) is 2.14. The maximum atomic E-state index is 11.1. The number of carbonyl (C=O) groups is 1. The molecule has 0 fully saturated rings. The number of hydrogen-bond donors (Lipinski definition) is 1. The second-order valence-electron chi connectivity index (χ2n) is 5.17. The first kappa shape index (κ1) is 15.8. The summed E-state index contributed by atoms with van der Waals surface area (Å²) >= 11 is 0. The van der Waals surface area contributed by atoms with Gasteiger partial charge in [0.25, 0.3) is 0 Å². The van der Waals surface area contributed by atoms with Crippen LogP contribution in [0.5, 0.6) is 0 Å². The van der Waals surface area contributed by atoms with E-state index in [1.807, 2.05) is 36.4 Å². The second-order valence-corrected chi connectivity index (χ2v) is 5.17. The monoisotopic (exact) mass is 291 g/mol. The third-order valence-corrected chi connectivity index (χ3v) is 3.24. The molecule has 2 aromatic rings. The van der Waals surface area contributed by atoms with Crippen LogP contribution in [0.4, 0.5) is 0 Å². The van der Waals surface area contributed by atoms with E-state index < -0.39 is 0 Å². The van der Waals surface area contributed by atoms with E-state index >= 15 is 0 Å². The van der Waals surface area contributed by atoms with Gasteiger partial charge >= 0.3 is 0 Å². The number of benzene rings is 2. The zero-order valence-corrected chi connectivity index (χ0v) is 12.8. The first-order chi connectivity index (χ1) is 10.7. The summed E-state index contributed by atoms with van der Waals surface area (Å²) in [4.78, 5) is 11.1. The first-order valence-corrected chi connectivity index (χ1v) is 7.44. The van der Waals surface area contributed by atoms with Crippen molar-refractivity contribution in [1.82, 2.24) is 5.32 Å². The van der Waals surface area contributed by atoms with Crippen molar-refractivity contribution in [2.45, 2.75) is 19.8 Å². The number of carbonyl (C=O) groups excluding carboxylic acids is 1. The summed E-state index contributed by atoms with van der Waals surface area (Å²) < 4.78 is 0. The smallest absolute Gasteiger partial charge is 0.220 e. The third kappa shape index (κ3) is 5.80. The van der Waals surface area contributed by atoms with E-state index in [9.17, 15) is 4.79 Å². The summed E-state index contributed by atoms with van der Waals surface area (Å²) in [5.41, 5.74) is 3.58. The number of amides is 1. The molecule has 1 amide bonds. The molecule has 112 valence electrons. The van der Waals surface area contributed by atoms with Crippen LogP contribution in [0.15, 0.2) is 84.6 Å². The van der Waals surface area contributed by atoms with E-state index in [4.69, 9.17) is 0 Å². The highest BCUT2D eigenvalue weighted by Gasteiger charge is 1.97. The van der Waals surface area contributed by atoms with Crippen molar-refractivity contribution in [2.24, 2.45) is 0 Å². The van der Waals surface area contributed by atoms with Crippen LogP contribution in [0.1, 0.15) is 18.1 Å². The molecule has 22 heavy (non-hydrogen) atoms. The van der Waals surface area contributed by atoms with Crippen LogP contribution in [0.3, 0.4) is 0 Å². The zero-order valence-electron chi connectivity index (χ0n) is 12.8. The molecular formula is C20H21NO. The second kappa shape index (κ2) is 8.63. The molecule has 2 heteroatoms. The lowest BCUT2D eigenvalue weighted by Gasteiger charge is -2.04. The molecule has 2 nitrogen and oxygen atoms in total. The lowest BCUT2D eigenvalue weighted by Crippen LogP contribution is -2.13. The van der Waals surface area contributed by atoms with E-state index in [0.717, 1.165) is 18.4 Å². The fourth-order valence-electron chi connectivity index (χ4n) is 2.14. The van der Waals surface area contributed by atoms with E-state index in [-0.39, 0.29) is 5.91 Å². The molecule has 0 aliphatic carbocycles. The van der Waals surface area contributed by atoms with Gasteiger partial charge in [-0.25, -0.2) is 0 Å². The summed E-state index contributed by atoms with van der Waals surface area (Å²) in [6, 6.07) is 20.6. The predicted molar refractivity (Wildman–Crippen MR) is 91.3 cm³/mol. The van der Waals surface area contributed by atoms with Crippen LogP contribution < -0.4 is 5.32 Å². The molecule has 0 radical (unpaired) electrons. The van der Waals surface area contributed by atoms with E-state index in [0.29, 0.717) is 0 Å². The Hall–Kier alpha value is -2.61. The highest BCUT2D eigenvalue weighted by atomic mass is 16.1. The Kier molecular flexibility index (Phi) is 6.18. The van der Waals surface area contributed by atoms with Gasteiger partial charge in [-0.05, 0) is 29.5 Å². The predicted octanol–water partition coefficient (Wildman–Crippen LogP) is 4.05. The number of allylic oxidation sites excluding steroid dienone is 3. The molecule has 2 rings (SSSR count). The normalized spacial score (nSPS) is 11.6. The van der Waals surface area contributed by atoms with Crippen molar-refractivity contribution < 1.29 is 4.79 Å². The Bertz CT molecular complexity index is 642. The maximum absolute atomic E-state index is 11.1. The quantitative estimate of drug-likeness (QED) is 0.799. The van der Waals surface area contributed by atoms with Gasteiger partial charge in [-0.2, -0.15) is 0 Å². The van der Waals surface area contributed by atoms with Crippen molar-refractivity contribution >= 4 is 5.91 Å². The van der Waals surface area contributed by atoms with Gasteiger partial charge in [0.1, 0.15) is 0 Å². The van der Waals surface area contributed by atoms with Gasteiger partial charge in [0.15, 0.2) is 0 Å². The van der Waals surface area contributed by atoms with Gasteiger partial charge in [0.2, 0.25) is 5.91 Å².